The van der Waals surface area contributed by atoms with Crippen molar-refractivity contribution in [2.45, 2.75) is 39.3 Å². The minimum Gasteiger partial charge on any atom is -0.507 e. The predicted molar refractivity (Wildman–Crippen MR) is 140 cm³/mol. The van der Waals surface area contributed by atoms with Gasteiger partial charge >= 0.3 is 5.97 Å². The minimum absolute atomic E-state index is 0.0240. The number of benzene rings is 3. The Balaban J connectivity index is 1.57. The predicted octanol–water partition coefficient (Wildman–Crippen LogP) is 4.84. The van der Waals surface area contributed by atoms with Gasteiger partial charge in [-0.15, -0.1) is 0 Å². The number of amides is 1. The van der Waals surface area contributed by atoms with Crippen LogP contribution in [-0.4, -0.2) is 35.7 Å². The van der Waals surface area contributed by atoms with Gasteiger partial charge in [0.2, 0.25) is 6.79 Å². The summed E-state index contributed by atoms with van der Waals surface area (Å²) in [5.41, 5.74) is 3.10. The van der Waals surface area contributed by atoms with Crippen LogP contribution in [0.4, 0.5) is 5.69 Å². The smallest absolute Gasteiger partial charge is 0.310 e. The molecule has 1 fully saturated rings. The quantitative estimate of drug-likeness (QED) is 0.218. The molecule has 2 aliphatic heterocycles. The SMILES string of the molecule is Cc1cccc(C2/C(=C(/O)c3ccc4c(c3)OCO4)C(=O)C(=O)N2c2ccc(CC(=O)OC(C)C)cc2)c1. The third kappa shape index (κ3) is 4.72. The standard InChI is InChI=1S/C30H27NO7/c1-17(2)38-25(32)14-19-7-10-22(11-8-19)31-27(20-6-4-5-18(3)13-20)26(29(34)30(31)35)28(33)21-9-12-23-24(15-21)37-16-36-23/h4-13,15,17,27,33H,14,16H2,1-3H3/b28-26-. The van der Waals surface area contributed by atoms with Crippen LogP contribution in [0.1, 0.15) is 42.1 Å². The first-order valence-corrected chi connectivity index (χ1v) is 12.3. The molecule has 194 valence electrons. The summed E-state index contributed by atoms with van der Waals surface area (Å²) in [6, 6.07) is 18.3. The van der Waals surface area contributed by atoms with Gasteiger partial charge in [0.05, 0.1) is 24.1 Å². The van der Waals surface area contributed by atoms with Gasteiger partial charge in [0, 0.05) is 11.3 Å². The molecule has 2 heterocycles. The molecule has 38 heavy (non-hydrogen) atoms. The summed E-state index contributed by atoms with van der Waals surface area (Å²) >= 11 is 0. The summed E-state index contributed by atoms with van der Waals surface area (Å²) in [6.45, 7) is 5.55. The highest BCUT2D eigenvalue weighted by Gasteiger charge is 2.47. The molecular weight excluding hydrogens is 486 g/mol. The van der Waals surface area contributed by atoms with E-state index >= 15 is 0 Å². The van der Waals surface area contributed by atoms with Crippen LogP contribution in [0, 0.1) is 6.92 Å². The summed E-state index contributed by atoms with van der Waals surface area (Å²) in [5.74, 6) is -1.22. The van der Waals surface area contributed by atoms with Crippen molar-refractivity contribution in [3.05, 3.63) is 94.6 Å². The number of hydrogen-bond donors (Lipinski definition) is 1. The fraction of sp³-hybridized carbons (Fsp3) is 0.233. The third-order valence-electron chi connectivity index (χ3n) is 6.38. The molecule has 5 rings (SSSR count). The summed E-state index contributed by atoms with van der Waals surface area (Å²) in [4.78, 5) is 40.2. The maximum atomic E-state index is 13.4. The normalized spacial score (nSPS) is 17.8. The molecule has 0 saturated carbocycles. The average Bonchev–Trinajstić information content (AvgIpc) is 3.45. The van der Waals surface area contributed by atoms with Crippen LogP contribution in [0.15, 0.2) is 72.3 Å². The van der Waals surface area contributed by atoms with E-state index in [1.807, 2.05) is 31.2 Å². The molecule has 1 N–H and O–H groups in total. The van der Waals surface area contributed by atoms with Crippen LogP contribution in [0.5, 0.6) is 11.5 Å². The Bertz CT molecular complexity index is 1460. The second kappa shape index (κ2) is 10.0. The van der Waals surface area contributed by atoms with Crippen LogP contribution in [0.2, 0.25) is 0 Å². The summed E-state index contributed by atoms with van der Waals surface area (Å²) in [7, 11) is 0. The molecule has 3 aromatic rings. The van der Waals surface area contributed by atoms with Gasteiger partial charge in [0.1, 0.15) is 5.76 Å². The van der Waals surface area contributed by atoms with Crippen molar-refractivity contribution in [3.63, 3.8) is 0 Å². The van der Waals surface area contributed by atoms with E-state index in [-0.39, 0.29) is 36.6 Å². The van der Waals surface area contributed by atoms with Crippen LogP contribution in [0.25, 0.3) is 5.76 Å². The lowest BCUT2D eigenvalue weighted by molar-refractivity contribution is -0.146. The number of aliphatic hydroxyl groups excluding tert-OH is 1. The number of carbonyl (C=O) groups is 3. The molecule has 8 heteroatoms. The van der Waals surface area contributed by atoms with Gasteiger partial charge in [-0.25, -0.2) is 0 Å². The van der Waals surface area contributed by atoms with Crippen molar-refractivity contribution in [2.24, 2.45) is 0 Å². The molecule has 1 atom stereocenters. The van der Waals surface area contributed by atoms with Gasteiger partial charge in [-0.05, 0) is 62.2 Å². The molecule has 8 nitrogen and oxygen atoms in total. The fourth-order valence-electron chi connectivity index (χ4n) is 4.70. The zero-order chi connectivity index (χ0) is 27.0. The third-order valence-corrected chi connectivity index (χ3v) is 6.38. The molecule has 0 aliphatic carbocycles. The van der Waals surface area contributed by atoms with E-state index in [1.165, 1.54) is 4.90 Å². The summed E-state index contributed by atoms with van der Waals surface area (Å²) < 4.78 is 16.0. The Morgan fingerprint density at radius 2 is 1.76 bits per heavy atom. The van der Waals surface area contributed by atoms with Gasteiger partial charge in [-0.1, -0.05) is 42.0 Å². The van der Waals surface area contributed by atoms with E-state index in [9.17, 15) is 19.5 Å². The van der Waals surface area contributed by atoms with Crippen molar-refractivity contribution in [1.82, 2.24) is 0 Å². The summed E-state index contributed by atoms with van der Waals surface area (Å²) in [5, 5.41) is 11.4. The zero-order valence-electron chi connectivity index (χ0n) is 21.3. The highest BCUT2D eigenvalue weighted by atomic mass is 16.7. The lowest BCUT2D eigenvalue weighted by atomic mass is 9.94. The van der Waals surface area contributed by atoms with Crippen molar-refractivity contribution in [1.29, 1.82) is 0 Å². The van der Waals surface area contributed by atoms with Crippen molar-refractivity contribution >= 4 is 29.1 Å². The number of hydrogen-bond acceptors (Lipinski definition) is 7. The van der Waals surface area contributed by atoms with Crippen molar-refractivity contribution in [2.75, 3.05) is 11.7 Å². The van der Waals surface area contributed by atoms with Crippen LogP contribution in [0.3, 0.4) is 0 Å². The minimum atomic E-state index is -0.864. The Morgan fingerprint density at radius 3 is 2.47 bits per heavy atom. The summed E-state index contributed by atoms with van der Waals surface area (Å²) in [6.07, 6.45) is -0.129. The van der Waals surface area contributed by atoms with E-state index in [1.54, 1.807) is 56.3 Å². The molecule has 2 aliphatic rings. The Hall–Kier alpha value is -4.59. The molecule has 0 spiro atoms. The number of aliphatic hydroxyl groups is 1. The van der Waals surface area contributed by atoms with Gasteiger partial charge in [0.25, 0.3) is 11.7 Å². The van der Waals surface area contributed by atoms with E-state index < -0.39 is 17.7 Å². The van der Waals surface area contributed by atoms with E-state index in [0.29, 0.717) is 33.9 Å². The number of aryl methyl sites for hydroxylation is 1. The van der Waals surface area contributed by atoms with Gasteiger partial charge in [-0.2, -0.15) is 0 Å². The van der Waals surface area contributed by atoms with Crippen LogP contribution in [-0.2, 0) is 25.5 Å². The Kier molecular flexibility index (Phi) is 6.63. The molecule has 1 saturated heterocycles. The molecular formula is C30H27NO7. The number of ether oxygens (including phenoxy) is 3. The highest BCUT2D eigenvalue weighted by molar-refractivity contribution is 6.51. The largest absolute Gasteiger partial charge is 0.507 e. The second-order valence-electron chi connectivity index (χ2n) is 9.53. The lowest BCUT2D eigenvalue weighted by Crippen LogP contribution is -2.29. The molecule has 0 aromatic heterocycles. The van der Waals surface area contributed by atoms with Crippen LogP contribution >= 0.6 is 0 Å². The Morgan fingerprint density at radius 1 is 1.03 bits per heavy atom. The molecule has 3 aromatic carbocycles. The topological polar surface area (TPSA) is 102 Å². The average molecular weight is 514 g/mol. The monoisotopic (exact) mass is 513 g/mol. The maximum Gasteiger partial charge on any atom is 0.310 e. The van der Waals surface area contributed by atoms with E-state index in [2.05, 4.69) is 0 Å². The van der Waals surface area contributed by atoms with E-state index in [4.69, 9.17) is 14.2 Å². The fourth-order valence-corrected chi connectivity index (χ4v) is 4.70. The van der Waals surface area contributed by atoms with Crippen molar-refractivity contribution in [3.8, 4) is 11.5 Å². The van der Waals surface area contributed by atoms with Gasteiger partial charge < -0.3 is 19.3 Å². The first kappa shape index (κ1) is 25.1. The molecule has 1 amide bonds. The van der Waals surface area contributed by atoms with Gasteiger partial charge in [0.15, 0.2) is 11.5 Å². The number of Topliss-reactive ketones (excluding diaryl/α,β-unsaturated/α-hetero) is 1. The van der Waals surface area contributed by atoms with Gasteiger partial charge in [-0.3, -0.25) is 19.3 Å². The molecule has 0 bridgehead atoms. The number of nitrogens with zero attached hydrogens (tertiary/aromatic N) is 1. The first-order valence-electron chi connectivity index (χ1n) is 12.3. The highest BCUT2D eigenvalue weighted by Crippen LogP contribution is 2.43. The Labute approximate surface area is 220 Å². The van der Waals surface area contributed by atoms with Crippen LogP contribution < -0.4 is 14.4 Å². The lowest BCUT2D eigenvalue weighted by Gasteiger charge is -2.26. The number of esters is 1. The first-order chi connectivity index (χ1) is 18.2. The molecule has 0 radical (unpaired) electrons. The number of anilines is 1. The number of ketones is 1. The number of rotatable bonds is 6. The number of carbonyl (C=O) groups excluding carboxylic acids is 3. The zero-order valence-corrected chi connectivity index (χ0v) is 21.3. The van der Waals surface area contributed by atoms with Crippen molar-refractivity contribution < 1.29 is 33.7 Å². The van der Waals surface area contributed by atoms with E-state index in [0.717, 1.165) is 5.56 Å². The maximum absolute atomic E-state index is 13.4. The second-order valence-corrected chi connectivity index (χ2v) is 9.53. The number of fused-ring (bicyclic) bond motifs is 1. The molecule has 1 unspecified atom stereocenters.